The maximum Gasteiger partial charge on any atom is 0.244 e. The summed E-state index contributed by atoms with van der Waals surface area (Å²) in [5, 5.41) is 3.27. The maximum atomic E-state index is 13.0. The molecule has 1 N–H and O–H groups in total. The van der Waals surface area contributed by atoms with Crippen LogP contribution in [0.5, 0.6) is 0 Å². The number of thiazole rings is 1. The van der Waals surface area contributed by atoms with E-state index in [2.05, 4.69) is 26.2 Å². The van der Waals surface area contributed by atoms with Crippen LogP contribution in [-0.2, 0) is 14.8 Å². The SMILES string of the molecule is Cc1ccc(S(=O)(=O)N2CCCC2C(=O)Nc2nc3ccc(Br)cc3s2)cc1. The van der Waals surface area contributed by atoms with Crippen LogP contribution < -0.4 is 5.32 Å². The van der Waals surface area contributed by atoms with Crippen LogP contribution in [-0.4, -0.2) is 36.2 Å². The molecular weight excluding hydrogens is 462 g/mol. The lowest BCUT2D eigenvalue weighted by atomic mass is 10.2. The summed E-state index contributed by atoms with van der Waals surface area (Å²) in [4.78, 5) is 17.5. The number of aromatic nitrogens is 1. The van der Waals surface area contributed by atoms with Crippen LogP contribution in [0.3, 0.4) is 0 Å². The summed E-state index contributed by atoms with van der Waals surface area (Å²) in [7, 11) is -3.72. The molecule has 4 rings (SSSR count). The van der Waals surface area contributed by atoms with E-state index in [0.717, 1.165) is 20.3 Å². The van der Waals surface area contributed by atoms with Crippen LogP contribution in [0.2, 0.25) is 0 Å². The minimum Gasteiger partial charge on any atom is -0.301 e. The number of nitrogens with one attached hydrogen (secondary N) is 1. The number of carbonyl (C=O) groups is 1. The Balaban J connectivity index is 1.56. The molecule has 1 aliphatic heterocycles. The predicted molar refractivity (Wildman–Crippen MR) is 114 cm³/mol. The second-order valence-corrected chi connectivity index (χ2v) is 10.5. The number of nitrogens with zero attached hydrogens (tertiary/aromatic N) is 2. The van der Waals surface area contributed by atoms with Crippen LogP contribution >= 0.6 is 27.3 Å². The first-order valence-corrected chi connectivity index (χ1v) is 11.8. The first-order chi connectivity index (χ1) is 13.3. The predicted octanol–water partition coefficient (Wildman–Crippen LogP) is 4.16. The zero-order valence-electron chi connectivity index (χ0n) is 15.1. The Morgan fingerprint density at radius 2 is 2.00 bits per heavy atom. The number of hydrogen-bond donors (Lipinski definition) is 1. The molecule has 2 aromatic carbocycles. The number of amides is 1. The zero-order chi connectivity index (χ0) is 19.9. The van der Waals surface area contributed by atoms with Gasteiger partial charge in [-0.05, 0) is 50.1 Å². The lowest BCUT2D eigenvalue weighted by Gasteiger charge is -2.23. The van der Waals surface area contributed by atoms with Crippen molar-refractivity contribution in [3.05, 3.63) is 52.5 Å². The number of benzene rings is 2. The molecule has 146 valence electrons. The first kappa shape index (κ1) is 19.5. The first-order valence-electron chi connectivity index (χ1n) is 8.80. The van der Waals surface area contributed by atoms with Gasteiger partial charge in [-0.3, -0.25) is 4.79 Å². The van der Waals surface area contributed by atoms with Crippen molar-refractivity contribution in [3.8, 4) is 0 Å². The van der Waals surface area contributed by atoms with E-state index in [1.165, 1.54) is 15.6 Å². The Bertz CT molecular complexity index is 1140. The summed E-state index contributed by atoms with van der Waals surface area (Å²) in [6.07, 6.45) is 1.14. The molecule has 0 spiro atoms. The second-order valence-electron chi connectivity index (χ2n) is 6.71. The Morgan fingerprint density at radius 3 is 2.75 bits per heavy atom. The molecule has 1 unspecified atom stereocenters. The minimum absolute atomic E-state index is 0.211. The average molecular weight is 480 g/mol. The van der Waals surface area contributed by atoms with Crippen molar-refractivity contribution in [2.75, 3.05) is 11.9 Å². The van der Waals surface area contributed by atoms with Gasteiger partial charge in [-0.1, -0.05) is 45.0 Å². The number of carbonyl (C=O) groups excluding carboxylic acids is 1. The van der Waals surface area contributed by atoms with Crippen LogP contribution in [0.1, 0.15) is 18.4 Å². The van der Waals surface area contributed by atoms with Gasteiger partial charge in [0.25, 0.3) is 0 Å². The summed E-state index contributed by atoms with van der Waals surface area (Å²) in [6.45, 7) is 2.24. The molecule has 3 aromatic rings. The number of anilines is 1. The molecule has 1 saturated heterocycles. The van der Waals surface area contributed by atoms with Crippen molar-refractivity contribution < 1.29 is 13.2 Å². The van der Waals surface area contributed by atoms with Crippen LogP contribution in [0.15, 0.2) is 51.8 Å². The van der Waals surface area contributed by atoms with Crippen molar-refractivity contribution in [3.63, 3.8) is 0 Å². The van der Waals surface area contributed by atoms with E-state index in [0.29, 0.717) is 24.5 Å². The molecule has 1 aliphatic rings. The monoisotopic (exact) mass is 479 g/mol. The fraction of sp³-hybridized carbons (Fsp3) is 0.263. The average Bonchev–Trinajstić information content (AvgIpc) is 3.28. The van der Waals surface area contributed by atoms with Gasteiger partial charge in [0, 0.05) is 11.0 Å². The molecule has 28 heavy (non-hydrogen) atoms. The quantitative estimate of drug-likeness (QED) is 0.609. The van der Waals surface area contributed by atoms with Crippen LogP contribution in [0, 0.1) is 6.92 Å². The second kappa shape index (κ2) is 7.55. The summed E-state index contributed by atoms with van der Waals surface area (Å²) in [5.41, 5.74) is 1.77. The molecule has 0 saturated carbocycles. The minimum atomic E-state index is -3.72. The van der Waals surface area contributed by atoms with E-state index in [4.69, 9.17) is 0 Å². The molecule has 0 radical (unpaired) electrons. The summed E-state index contributed by atoms with van der Waals surface area (Å²) in [6, 6.07) is 11.7. The highest BCUT2D eigenvalue weighted by atomic mass is 79.9. The van der Waals surface area contributed by atoms with Crippen molar-refractivity contribution in [2.24, 2.45) is 0 Å². The molecule has 6 nitrogen and oxygen atoms in total. The van der Waals surface area contributed by atoms with E-state index in [1.807, 2.05) is 25.1 Å². The number of sulfonamides is 1. The van der Waals surface area contributed by atoms with Gasteiger partial charge in [-0.15, -0.1) is 0 Å². The van der Waals surface area contributed by atoms with Gasteiger partial charge in [-0.2, -0.15) is 4.31 Å². The lowest BCUT2D eigenvalue weighted by Crippen LogP contribution is -2.43. The van der Waals surface area contributed by atoms with Crippen molar-refractivity contribution in [1.82, 2.24) is 9.29 Å². The molecule has 9 heteroatoms. The summed E-state index contributed by atoms with van der Waals surface area (Å²) >= 11 is 4.79. The largest absolute Gasteiger partial charge is 0.301 e. The third-order valence-electron chi connectivity index (χ3n) is 4.71. The number of hydrogen-bond acceptors (Lipinski definition) is 5. The molecule has 1 fully saturated rings. The normalized spacial score (nSPS) is 17.9. The number of halogens is 1. The van der Waals surface area contributed by atoms with E-state index >= 15 is 0 Å². The van der Waals surface area contributed by atoms with Gasteiger partial charge in [-0.25, -0.2) is 13.4 Å². The highest BCUT2D eigenvalue weighted by molar-refractivity contribution is 9.10. The van der Waals surface area contributed by atoms with Gasteiger partial charge in [0.05, 0.1) is 15.1 Å². The van der Waals surface area contributed by atoms with Gasteiger partial charge < -0.3 is 5.32 Å². The number of rotatable bonds is 4. The third-order valence-corrected chi connectivity index (χ3v) is 8.06. The molecule has 0 bridgehead atoms. The van der Waals surface area contributed by atoms with E-state index in [9.17, 15) is 13.2 Å². The zero-order valence-corrected chi connectivity index (χ0v) is 18.3. The van der Waals surface area contributed by atoms with E-state index in [1.54, 1.807) is 24.3 Å². The number of fused-ring (bicyclic) bond motifs is 1. The molecule has 0 aliphatic carbocycles. The van der Waals surface area contributed by atoms with Crippen molar-refractivity contribution >= 4 is 58.5 Å². The molecule has 2 heterocycles. The van der Waals surface area contributed by atoms with Gasteiger partial charge in [0.1, 0.15) is 6.04 Å². The maximum absolute atomic E-state index is 13.0. The van der Waals surface area contributed by atoms with Crippen LogP contribution in [0.4, 0.5) is 5.13 Å². The molecular formula is C19H18BrN3O3S2. The molecule has 1 aromatic heterocycles. The highest BCUT2D eigenvalue weighted by Gasteiger charge is 2.39. The fourth-order valence-electron chi connectivity index (χ4n) is 3.28. The molecule has 1 amide bonds. The van der Waals surface area contributed by atoms with Crippen LogP contribution in [0.25, 0.3) is 10.2 Å². The topological polar surface area (TPSA) is 79.4 Å². The van der Waals surface area contributed by atoms with E-state index in [-0.39, 0.29) is 10.8 Å². The highest BCUT2D eigenvalue weighted by Crippen LogP contribution is 2.30. The van der Waals surface area contributed by atoms with Gasteiger partial charge >= 0.3 is 0 Å². The third kappa shape index (κ3) is 3.71. The summed E-state index contributed by atoms with van der Waals surface area (Å²) in [5.74, 6) is -0.341. The Kier molecular flexibility index (Phi) is 5.26. The standard InChI is InChI=1S/C19H18BrN3O3S2/c1-12-4-7-14(8-5-12)28(25,26)23-10-2-3-16(23)18(24)22-19-21-15-9-6-13(20)11-17(15)27-19/h4-9,11,16H,2-3,10H2,1H3,(H,21,22,24). The Morgan fingerprint density at radius 1 is 1.25 bits per heavy atom. The fourth-order valence-corrected chi connectivity index (χ4v) is 6.35. The molecule has 1 atom stereocenters. The lowest BCUT2D eigenvalue weighted by molar-refractivity contribution is -0.119. The summed E-state index contributed by atoms with van der Waals surface area (Å²) < 4.78 is 29.2. The van der Waals surface area contributed by atoms with Crippen molar-refractivity contribution in [1.29, 1.82) is 0 Å². The van der Waals surface area contributed by atoms with E-state index < -0.39 is 16.1 Å². The van der Waals surface area contributed by atoms with Crippen molar-refractivity contribution in [2.45, 2.75) is 30.7 Å². The Labute approximate surface area is 175 Å². The van der Waals surface area contributed by atoms with Gasteiger partial charge in [0.15, 0.2) is 5.13 Å². The van der Waals surface area contributed by atoms with Gasteiger partial charge in [0.2, 0.25) is 15.9 Å². The smallest absolute Gasteiger partial charge is 0.244 e. The number of aryl methyl sites for hydroxylation is 1. The Hall–Kier alpha value is -1.81.